The molecule has 1 heterocycles. The van der Waals surface area contributed by atoms with Crippen LogP contribution in [0, 0.1) is 11.7 Å². The SMILES string of the molecule is CCc1ccc(CN2CCC(C(=O)NC(C)(C)C)CC2)cc1NC(=O)c1ccc(F)cc1. The van der Waals surface area contributed by atoms with Crippen LogP contribution in [0.15, 0.2) is 42.5 Å². The van der Waals surface area contributed by atoms with Crippen LogP contribution in [-0.4, -0.2) is 35.3 Å². The van der Waals surface area contributed by atoms with E-state index in [-0.39, 0.29) is 29.1 Å². The summed E-state index contributed by atoms with van der Waals surface area (Å²) in [6, 6.07) is 11.7. The van der Waals surface area contributed by atoms with Gasteiger partial charge in [0.05, 0.1) is 0 Å². The molecule has 2 aromatic carbocycles. The van der Waals surface area contributed by atoms with E-state index < -0.39 is 0 Å². The van der Waals surface area contributed by atoms with E-state index in [0.29, 0.717) is 5.56 Å². The smallest absolute Gasteiger partial charge is 0.255 e. The number of anilines is 1. The van der Waals surface area contributed by atoms with Crippen molar-refractivity contribution >= 4 is 17.5 Å². The molecule has 0 saturated carbocycles. The Labute approximate surface area is 190 Å². The summed E-state index contributed by atoms with van der Waals surface area (Å²) in [6.07, 6.45) is 2.50. The van der Waals surface area contributed by atoms with Crippen molar-refractivity contribution < 1.29 is 14.0 Å². The molecule has 0 aliphatic carbocycles. The van der Waals surface area contributed by atoms with Gasteiger partial charge in [0.25, 0.3) is 5.91 Å². The Morgan fingerprint density at radius 1 is 1.06 bits per heavy atom. The molecule has 0 radical (unpaired) electrons. The quantitative estimate of drug-likeness (QED) is 0.682. The molecule has 1 fully saturated rings. The number of carbonyl (C=O) groups is 2. The molecule has 3 rings (SSSR count). The fourth-order valence-electron chi connectivity index (χ4n) is 4.03. The van der Waals surface area contributed by atoms with Gasteiger partial charge in [0.1, 0.15) is 5.82 Å². The van der Waals surface area contributed by atoms with Gasteiger partial charge in [0, 0.05) is 29.3 Å². The van der Waals surface area contributed by atoms with Crippen molar-refractivity contribution in [1.29, 1.82) is 0 Å². The average Bonchev–Trinajstić information content (AvgIpc) is 2.74. The van der Waals surface area contributed by atoms with Crippen LogP contribution in [0.2, 0.25) is 0 Å². The fourth-order valence-corrected chi connectivity index (χ4v) is 4.03. The molecule has 6 heteroatoms. The van der Waals surface area contributed by atoms with Crippen molar-refractivity contribution in [3.8, 4) is 0 Å². The molecule has 1 aliphatic heterocycles. The number of benzene rings is 2. The Hall–Kier alpha value is -2.73. The van der Waals surface area contributed by atoms with E-state index in [1.165, 1.54) is 24.3 Å². The molecular formula is C26H34FN3O2. The van der Waals surface area contributed by atoms with Gasteiger partial charge in [-0.3, -0.25) is 14.5 Å². The lowest BCUT2D eigenvalue weighted by Gasteiger charge is -2.33. The molecule has 1 saturated heterocycles. The number of hydrogen-bond donors (Lipinski definition) is 2. The number of amides is 2. The van der Waals surface area contributed by atoms with Gasteiger partial charge in [0.2, 0.25) is 5.91 Å². The molecule has 1 aliphatic rings. The molecule has 2 amide bonds. The number of rotatable bonds is 6. The molecule has 0 unspecified atom stereocenters. The average molecular weight is 440 g/mol. The largest absolute Gasteiger partial charge is 0.351 e. The topological polar surface area (TPSA) is 61.4 Å². The van der Waals surface area contributed by atoms with Gasteiger partial charge in [-0.15, -0.1) is 0 Å². The lowest BCUT2D eigenvalue weighted by atomic mass is 9.94. The molecule has 0 bridgehead atoms. The van der Waals surface area contributed by atoms with Crippen LogP contribution >= 0.6 is 0 Å². The van der Waals surface area contributed by atoms with Crippen LogP contribution in [0.4, 0.5) is 10.1 Å². The summed E-state index contributed by atoms with van der Waals surface area (Å²) in [4.78, 5) is 27.4. The summed E-state index contributed by atoms with van der Waals surface area (Å²) in [5.41, 5.74) is 3.19. The van der Waals surface area contributed by atoms with Crippen LogP contribution in [0.1, 0.15) is 62.0 Å². The van der Waals surface area contributed by atoms with E-state index in [9.17, 15) is 14.0 Å². The number of carbonyl (C=O) groups excluding carboxylic acids is 2. The lowest BCUT2D eigenvalue weighted by Crippen LogP contribution is -2.46. The molecule has 2 N–H and O–H groups in total. The number of nitrogens with one attached hydrogen (secondary N) is 2. The number of halogens is 1. The van der Waals surface area contributed by atoms with Gasteiger partial charge in [-0.05, 0) is 94.6 Å². The summed E-state index contributed by atoms with van der Waals surface area (Å²) >= 11 is 0. The second kappa shape index (κ2) is 10.3. The monoisotopic (exact) mass is 439 g/mol. The highest BCUT2D eigenvalue weighted by Crippen LogP contribution is 2.24. The Balaban J connectivity index is 1.61. The van der Waals surface area contributed by atoms with E-state index >= 15 is 0 Å². The van der Waals surface area contributed by atoms with E-state index in [0.717, 1.165) is 55.7 Å². The van der Waals surface area contributed by atoms with Gasteiger partial charge in [-0.25, -0.2) is 4.39 Å². The standard InChI is InChI=1S/C26H34FN3O2/c1-5-19-7-6-18(16-23(19)28-24(31)20-8-10-22(27)11-9-20)17-30-14-12-21(13-15-30)25(32)29-26(2,3)4/h6-11,16,21H,5,12-15,17H2,1-4H3,(H,28,31)(H,29,32). The zero-order valence-corrected chi connectivity index (χ0v) is 19.5. The Morgan fingerprint density at radius 2 is 1.72 bits per heavy atom. The summed E-state index contributed by atoms with van der Waals surface area (Å²) in [5.74, 6) is -0.395. The molecule has 172 valence electrons. The third-order valence-electron chi connectivity index (χ3n) is 5.77. The molecule has 0 atom stereocenters. The first-order chi connectivity index (χ1) is 15.1. The summed E-state index contributed by atoms with van der Waals surface area (Å²) in [6.45, 7) is 10.6. The van der Waals surface area contributed by atoms with Crippen molar-refractivity contribution in [3.05, 3.63) is 65.0 Å². The van der Waals surface area contributed by atoms with Crippen molar-refractivity contribution in [2.45, 2.75) is 59.0 Å². The van der Waals surface area contributed by atoms with Crippen LogP contribution in [-0.2, 0) is 17.8 Å². The van der Waals surface area contributed by atoms with Crippen molar-refractivity contribution in [1.82, 2.24) is 10.2 Å². The number of piperidine rings is 1. The highest BCUT2D eigenvalue weighted by molar-refractivity contribution is 6.04. The summed E-state index contributed by atoms with van der Waals surface area (Å²) in [5, 5.41) is 6.08. The lowest BCUT2D eigenvalue weighted by molar-refractivity contribution is -0.127. The molecule has 2 aromatic rings. The second-order valence-corrected chi connectivity index (χ2v) is 9.60. The van der Waals surface area contributed by atoms with Gasteiger partial charge >= 0.3 is 0 Å². The highest BCUT2D eigenvalue weighted by Gasteiger charge is 2.27. The summed E-state index contributed by atoms with van der Waals surface area (Å²) < 4.78 is 13.2. The minimum absolute atomic E-state index is 0.0681. The summed E-state index contributed by atoms with van der Waals surface area (Å²) in [7, 11) is 0. The van der Waals surface area contributed by atoms with Crippen LogP contribution < -0.4 is 10.6 Å². The zero-order chi connectivity index (χ0) is 23.3. The number of likely N-dealkylation sites (tertiary alicyclic amines) is 1. The third-order valence-corrected chi connectivity index (χ3v) is 5.77. The van der Waals surface area contributed by atoms with Gasteiger partial charge in [-0.1, -0.05) is 19.1 Å². The number of aryl methyl sites for hydroxylation is 1. The zero-order valence-electron chi connectivity index (χ0n) is 19.5. The van der Waals surface area contributed by atoms with E-state index in [4.69, 9.17) is 0 Å². The minimum Gasteiger partial charge on any atom is -0.351 e. The number of hydrogen-bond acceptors (Lipinski definition) is 3. The first-order valence-electron chi connectivity index (χ1n) is 11.4. The second-order valence-electron chi connectivity index (χ2n) is 9.60. The third kappa shape index (κ3) is 6.63. The normalized spacial score (nSPS) is 15.4. The van der Waals surface area contributed by atoms with Gasteiger partial charge in [0.15, 0.2) is 0 Å². The first-order valence-corrected chi connectivity index (χ1v) is 11.4. The Morgan fingerprint density at radius 3 is 2.31 bits per heavy atom. The maximum atomic E-state index is 13.2. The fraction of sp³-hybridized carbons (Fsp3) is 0.462. The van der Waals surface area contributed by atoms with E-state index in [1.54, 1.807) is 0 Å². The molecular weight excluding hydrogens is 405 g/mol. The maximum absolute atomic E-state index is 13.2. The van der Waals surface area contributed by atoms with Gasteiger partial charge in [-0.2, -0.15) is 0 Å². The van der Waals surface area contributed by atoms with Crippen molar-refractivity contribution in [2.75, 3.05) is 18.4 Å². The predicted octanol–water partition coefficient (Wildman–Crippen LogP) is 4.77. The van der Waals surface area contributed by atoms with E-state index in [1.807, 2.05) is 26.8 Å². The first kappa shape index (κ1) is 23.9. The molecule has 32 heavy (non-hydrogen) atoms. The molecule has 0 aromatic heterocycles. The maximum Gasteiger partial charge on any atom is 0.255 e. The van der Waals surface area contributed by atoms with Crippen LogP contribution in [0.25, 0.3) is 0 Å². The van der Waals surface area contributed by atoms with Crippen molar-refractivity contribution in [2.24, 2.45) is 5.92 Å². The van der Waals surface area contributed by atoms with Crippen LogP contribution in [0.3, 0.4) is 0 Å². The van der Waals surface area contributed by atoms with E-state index in [2.05, 4.69) is 34.6 Å². The van der Waals surface area contributed by atoms with Gasteiger partial charge < -0.3 is 10.6 Å². The minimum atomic E-state index is -0.363. The highest BCUT2D eigenvalue weighted by atomic mass is 19.1. The van der Waals surface area contributed by atoms with Crippen molar-refractivity contribution in [3.63, 3.8) is 0 Å². The predicted molar refractivity (Wildman–Crippen MR) is 126 cm³/mol. The Bertz CT molecular complexity index is 943. The Kier molecular flexibility index (Phi) is 7.67. The van der Waals surface area contributed by atoms with Crippen LogP contribution in [0.5, 0.6) is 0 Å². The molecule has 5 nitrogen and oxygen atoms in total. The number of nitrogens with zero attached hydrogens (tertiary/aromatic N) is 1. The molecule has 0 spiro atoms.